The van der Waals surface area contributed by atoms with Crippen molar-refractivity contribution in [1.82, 2.24) is 9.97 Å². The third-order valence-electron chi connectivity index (χ3n) is 3.50. The quantitative estimate of drug-likeness (QED) is 0.783. The molecule has 3 nitrogen and oxygen atoms in total. The Bertz CT molecular complexity index is 742. The highest BCUT2D eigenvalue weighted by molar-refractivity contribution is 5.79. The van der Waals surface area contributed by atoms with Crippen LogP contribution in [0.5, 0.6) is 5.75 Å². The third-order valence-corrected chi connectivity index (χ3v) is 3.50. The smallest absolute Gasteiger partial charge is 0.118 e. The van der Waals surface area contributed by atoms with Crippen LogP contribution in [0.15, 0.2) is 36.4 Å². The van der Waals surface area contributed by atoms with E-state index in [4.69, 9.17) is 9.72 Å². The van der Waals surface area contributed by atoms with Gasteiger partial charge in [-0.1, -0.05) is 18.2 Å². The Morgan fingerprint density at radius 2 is 1.85 bits per heavy atom. The zero-order chi connectivity index (χ0) is 14.1. The maximum atomic E-state index is 5.17. The van der Waals surface area contributed by atoms with Crippen molar-refractivity contribution in [1.29, 1.82) is 0 Å². The molecule has 0 aliphatic rings. The molecule has 102 valence electrons. The molecule has 0 unspecified atom stereocenters. The Morgan fingerprint density at radius 1 is 1.10 bits per heavy atom. The van der Waals surface area contributed by atoms with Crippen molar-refractivity contribution < 1.29 is 4.74 Å². The first-order valence-electron chi connectivity index (χ1n) is 6.74. The summed E-state index contributed by atoms with van der Waals surface area (Å²) in [6.07, 6.45) is 0.803. The molecule has 1 heterocycles. The summed E-state index contributed by atoms with van der Waals surface area (Å²) >= 11 is 0. The van der Waals surface area contributed by atoms with Gasteiger partial charge in [0, 0.05) is 6.42 Å². The van der Waals surface area contributed by atoms with E-state index in [1.165, 1.54) is 16.7 Å². The number of rotatable bonds is 3. The van der Waals surface area contributed by atoms with Crippen LogP contribution in [-0.4, -0.2) is 17.1 Å². The molecular formula is C17H18N2O. The van der Waals surface area contributed by atoms with E-state index in [0.29, 0.717) is 0 Å². The van der Waals surface area contributed by atoms with Gasteiger partial charge in [0.25, 0.3) is 0 Å². The van der Waals surface area contributed by atoms with Crippen molar-refractivity contribution in [3.05, 3.63) is 58.9 Å². The Kier molecular flexibility index (Phi) is 3.18. The molecule has 2 aromatic carbocycles. The van der Waals surface area contributed by atoms with Crippen LogP contribution in [0.1, 0.15) is 22.5 Å². The van der Waals surface area contributed by atoms with Crippen molar-refractivity contribution in [3.8, 4) is 5.75 Å². The highest BCUT2D eigenvalue weighted by atomic mass is 16.5. The lowest BCUT2D eigenvalue weighted by Crippen LogP contribution is -1.91. The van der Waals surface area contributed by atoms with Crippen LogP contribution in [0.3, 0.4) is 0 Å². The molecule has 3 heteroatoms. The van der Waals surface area contributed by atoms with Gasteiger partial charge >= 0.3 is 0 Å². The van der Waals surface area contributed by atoms with Gasteiger partial charge in [0.2, 0.25) is 0 Å². The number of benzene rings is 2. The fourth-order valence-corrected chi connectivity index (χ4v) is 2.54. The number of aromatic nitrogens is 2. The van der Waals surface area contributed by atoms with Gasteiger partial charge in [-0.25, -0.2) is 4.98 Å². The molecule has 0 atom stereocenters. The number of aromatic amines is 1. The van der Waals surface area contributed by atoms with Gasteiger partial charge in [0.15, 0.2) is 0 Å². The molecule has 0 aliphatic carbocycles. The van der Waals surface area contributed by atoms with Crippen molar-refractivity contribution in [3.63, 3.8) is 0 Å². The van der Waals surface area contributed by atoms with Crippen LogP contribution < -0.4 is 4.74 Å². The zero-order valence-corrected chi connectivity index (χ0v) is 12.0. The van der Waals surface area contributed by atoms with E-state index in [1.807, 2.05) is 12.1 Å². The standard InChI is InChI=1S/C17H18N2O/c1-11-8-12(2)17-15(9-11)18-16(19-17)10-13-4-6-14(20-3)7-5-13/h4-9H,10H2,1-3H3,(H,18,19). The van der Waals surface area contributed by atoms with Crippen LogP contribution in [0.4, 0.5) is 0 Å². The Balaban J connectivity index is 1.92. The summed E-state index contributed by atoms with van der Waals surface area (Å²) in [7, 11) is 1.68. The minimum Gasteiger partial charge on any atom is -0.497 e. The Hall–Kier alpha value is -2.29. The largest absolute Gasteiger partial charge is 0.497 e. The number of methoxy groups -OCH3 is 1. The van der Waals surface area contributed by atoms with Gasteiger partial charge in [-0.15, -0.1) is 0 Å². The second kappa shape index (κ2) is 5.00. The van der Waals surface area contributed by atoms with E-state index in [-0.39, 0.29) is 0 Å². The number of H-pyrrole nitrogens is 1. The fraction of sp³-hybridized carbons (Fsp3) is 0.235. The molecule has 1 N–H and O–H groups in total. The minimum atomic E-state index is 0.803. The topological polar surface area (TPSA) is 37.9 Å². The second-order valence-corrected chi connectivity index (χ2v) is 5.19. The first-order chi connectivity index (χ1) is 9.65. The molecule has 0 fully saturated rings. The van der Waals surface area contributed by atoms with E-state index in [9.17, 15) is 0 Å². The fourth-order valence-electron chi connectivity index (χ4n) is 2.54. The summed E-state index contributed by atoms with van der Waals surface area (Å²) in [5, 5.41) is 0. The number of nitrogens with zero attached hydrogens (tertiary/aromatic N) is 1. The van der Waals surface area contributed by atoms with Crippen molar-refractivity contribution in [2.45, 2.75) is 20.3 Å². The summed E-state index contributed by atoms with van der Waals surface area (Å²) < 4.78 is 5.17. The highest BCUT2D eigenvalue weighted by Gasteiger charge is 2.07. The number of hydrogen-bond acceptors (Lipinski definition) is 2. The van der Waals surface area contributed by atoms with Gasteiger partial charge < -0.3 is 9.72 Å². The molecule has 20 heavy (non-hydrogen) atoms. The predicted molar refractivity (Wildman–Crippen MR) is 81.4 cm³/mol. The first kappa shape index (κ1) is 12.7. The highest BCUT2D eigenvalue weighted by Crippen LogP contribution is 2.20. The van der Waals surface area contributed by atoms with Crippen molar-refractivity contribution in [2.24, 2.45) is 0 Å². The monoisotopic (exact) mass is 266 g/mol. The summed E-state index contributed by atoms with van der Waals surface area (Å²) in [6.45, 7) is 4.21. The van der Waals surface area contributed by atoms with E-state index in [2.05, 4.69) is 43.1 Å². The van der Waals surface area contributed by atoms with Crippen LogP contribution >= 0.6 is 0 Å². The Labute approximate surface area is 118 Å². The lowest BCUT2D eigenvalue weighted by molar-refractivity contribution is 0.414. The number of imidazole rings is 1. The number of ether oxygens (including phenoxy) is 1. The van der Waals surface area contributed by atoms with Gasteiger partial charge in [0.05, 0.1) is 18.1 Å². The molecule has 1 aromatic heterocycles. The molecule has 0 bridgehead atoms. The summed E-state index contributed by atoms with van der Waals surface area (Å²) in [5.74, 6) is 1.88. The summed E-state index contributed by atoms with van der Waals surface area (Å²) in [6, 6.07) is 12.4. The number of nitrogens with one attached hydrogen (secondary N) is 1. The normalized spacial score (nSPS) is 10.9. The van der Waals surface area contributed by atoms with E-state index in [0.717, 1.165) is 29.0 Å². The van der Waals surface area contributed by atoms with Crippen molar-refractivity contribution >= 4 is 11.0 Å². The van der Waals surface area contributed by atoms with Crippen LogP contribution in [0, 0.1) is 13.8 Å². The SMILES string of the molecule is COc1ccc(Cc2nc3c(C)cc(C)cc3[nH]2)cc1. The molecule has 0 saturated carbocycles. The summed E-state index contributed by atoms with van der Waals surface area (Å²) in [5.41, 5.74) is 5.89. The predicted octanol–water partition coefficient (Wildman–Crippen LogP) is 3.78. The molecule has 0 amide bonds. The molecule has 0 saturated heterocycles. The van der Waals surface area contributed by atoms with Crippen LogP contribution in [0.25, 0.3) is 11.0 Å². The molecule has 0 aliphatic heterocycles. The number of hydrogen-bond donors (Lipinski definition) is 1. The summed E-state index contributed by atoms with van der Waals surface area (Å²) in [4.78, 5) is 8.12. The van der Waals surface area contributed by atoms with E-state index >= 15 is 0 Å². The molecule has 3 aromatic rings. The number of aryl methyl sites for hydroxylation is 2. The van der Waals surface area contributed by atoms with Gasteiger partial charge in [-0.2, -0.15) is 0 Å². The minimum absolute atomic E-state index is 0.803. The van der Waals surface area contributed by atoms with Crippen LogP contribution in [-0.2, 0) is 6.42 Å². The molecular weight excluding hydrogens is 248 g/mol. The maximum absolute atomic E-state index is 5.17. The molecule has 0 radical (unpaired) electrons. The maximum Gasteiger partial charge on any atom is 0.118 e. The molecule has 0 spiro atoms. The van der Waals surface area contributed by atoms with E-state index in [1.54, 1.807) is 7.11 Å². The first-order valence-corrected chi connectivity index (χ1v) is 6.74. The Morgan fingerprint density at radius 3 is 2.55 bits per heavy atom. The second-order valence-electron chi connectivity index (χ2n) is 5.19. The number of fused-ring (bicyclic) bond motifs is 1. The van der Waals surface area contributed by atoms with Gasteiger partial charge in [0.1, 0.15) is 11.6 Å². The average molecular weight is 266 g/mol. The van der Waals surface area contributed by atoms with Gasteiger partial charge in [-0.05, 0) is 48.7 Å². The van der Waals surface area contributed by atoms with E-state index < -0.39 is 0 Å². The average Bonchev–Trinajstić information content (AvgIpc) is 2.82. The van der Waals surface area contributed by atoms with Crippen molar-refractivity contribution in [2.75, 3.05) is 7.11 Å². The van der Waals surface area contributed by atoms with Crippen LogP contribution in [0.2, 0.25) is 0 Å². The van der Waals surface area contributed by atoms with Gasteiger partial charge in [-0.3, -0.25) is 0 Å². The lowest BCUT2D eigenvalue weighted by Gasteiger charge is -2.01. The lowest BCUT2D eigenvalue weighted by atomic mass is 10.1. The molecule has 3 rings (SSSR count). The third kappa shape index (κ3) is 2.39. The zero-order valence-electron chi connectivity index (χ0n) is 12.0.